The first-order chi connectivity index (χ1) is 11.4. The van der Waals surface area contributed by atoms with Gasteiger partial charge < -0.3 is 4.57 Å². The number of hydrogen-bond acceptors (Lipinski definition) is 4. The number of aryl methyl sites for hydroxylation is 3. The van der Waals surface area contributed by atoms with Gasteiger partial charge in [-0.3, -0.25) is 14.9 Å². The molecule has 1 amide bonds. The van der Waals surface area contributed by atoms with Gasteiger partial charge in [-0.25, -0.2) is 9.37 Å². The van der Waals surface area contributed by atoms with Gasteiger partial charge in [-0.1, -0.05) is 0 Å². The number of aromatic nitrogens is 2. The molecule has 124 valence electrons. The van der Waals surface area contributed by atoms with Gasteiger partial charge in [0.05, 0.1) is 11.2 Å². The smallest absolute Gasteiger partial charge is 0.262 e. The molecule has 5 nitrogen and oxygen atoms in total. The van der Waals surface area contributed by atoms with E-state index < -0.39 is 17.2 Å². The van der Waals surface area contributed by atoms with Crippen molar-refractivity contribution in [3.8, 4) is 0 Å². The van der Waals surface area contributed by atoms with E-state index in [9.17, 15) is 14.0 Å². The van der Waals surface area contributed by atoms with E-state index in [1.54, 1.807) is 10.6 Å². The maximum Gasteiger partial charge on any atom is 0.262 e. The number of carbonyl (C=O) groups excluding carboxylic acids is 1. The lowest BCUT2D eigenvalue weighted by atomic mass is 10.1. The Bertz CT molecular complexity index is 987. The largest absolute Gasteiger partial charge is 0.347 e. The average Bonchev–Trinajstić information content (AvgIpc) is 2.85. The Morgan fingerprint density at radius 3 is 2.75 bits per heavy atom. The third kappa shape index (κ3) is 2.82. The maximum atomic E-state index is 13.5. The lowest BCUT2D eigenvalue weighted by molar-refractivity contribution is 0.102. The topological polar surface area (TPSA) is 64.0 Å². The van der Waals surface area contributed by atoms with Crippen molar-refractivity contribution in [2.45, 2.75) is 27.3 Å². The predicted octanol–water partition coefficient (Wildman–Crippen LogP) is 3.49. The number of thiazole rings is 1. The number of nitrogens with one attached hydrogen (secondary N) is 1. The summed E-state index contributed by atoms with van der Waals surface area (Å²) in [6, 6.07) is 4.01. The van der Waals surface area contributed by atoms with E-state index in [2.05, 4.69) is 10.3 Å². The van der Waals surface area contributed by atoms with Crippen molar-refractivity contribution in [3.63, 3.8) is 0 Å². The zero-order valence-corrected chi connectivity index (χ0v) is 14.3. The number of benzene rings is 1. The van der Waals surface area contributed by atoms with Crippen LogP contribution in [-0.2, 0) is 6.54 Å². The monoisotopic (exact) mass is 345 g/mol. The van der Waals surface area contributed by atoms with Gasteiger partial charge in [0, 0.05) is 23.0 Å². The molecular formula is C17H16FN3O2S. The molecule has 2 heterocycles. The number of fused-ring (bicyclic) bond motifs is 1. The molecular weight excluding hydrogens is 329 g/mol. The fourth-order valence-electron chi connectivity index (χ4n) is 2.48. The van der Waals surface area contributed by atoms with Crippen LogP contribution in [0.25, 0.3) is 10.9 Å². The number of carbonyl (C=O) groups is 1. The summed E-state index contributed by atoms with van der Waals surface area (Å²) in [5.74, 6) is -1.05. The number of nitrogens with zero attached hydrogens (tertiary/aromatic N) is 2. The summed E-state index contributed by atoms with van der Waals surface area (Å²) in [7, 11) is 0. The molecule has 0 aliphatic heterocycles. The van der Waals surface area contributed by atoms with E-state index in [-0.39, 0.29) is 10.9 Å². The summed E-state index contributed by atoms with van der Waals surface area (Å²) in [6.45, 7) is 6.20. The molecule has 1 N–H and O–H groups in total. The minimum Gasteiger partial charge on any atom is -0.347 e. The molecule has 0 aliphatic rings. The number of pyridine rings is 1. The van der Waals surface area contributed by atoms with Crippen LogP contribution < -0.4 is 10.7 Å². The van der Waals surface area contributed by atoms with Crippen molar-refractivity contribution in [3.05, 3.63) is 56.6 Å². The average molecular weight is 345 g/mol. The van der Waals surface area contributed by atoms with Crippen LogP contribution in [0.3, 0.4) is 0 Å². The fraction of sp³-hybridized carbons (Fsp3) is 0.235. The van der Waals surface area contributed by atoms with Crippen molar-refractivity contribution in [1.29, 1.82) is 0 Å². The van der Waals surface area contributed by atoms with E-state index in [1.807, 2.05) is 20.8 Å². The van der Waals surface area contributed by atoms with Crippen molar-refractivity contribution in [2.75, 3.05) is 5.32 Å². The highest BCUT2D eigenvalue weighted by atomic mass is 32.1. The number of amides is 1. The van der Waals surface area contributed by atoms with Crippen LogP contribution in [0.15, 0.2) is 29.2 Å². The van der Waals surface area contributed by atoms with E-state index in [4.69, 9.17) is 0 Å². The van der Waals surface area contributed by atoms with Gasteiger partial charge in [-0.05, 0) is 39.0 Å². The van der Waals surface area contributed by atoms with Crippen LogP contribution in [0.5, 0.6) is 0 Å². The maximum absolute atomic E-state index is 13.5. The van der Waals surface area contributed by atoms with Gasteiger partial charge in [-0.2, -0.15) is 0 Å². The predicted molar refractivity (Wildman–Crippen MR) is 93.4 cm³/mol. The van der Waals surface area contributed by atoms with Gasteiger partial charge in [0.1, 0.15) is 11.4 Å². The first-order valence-electron chi connectivity index (χ1n) is 7.48. The van der Waals surface area contributed by atoms with Crippen LogP contribution in [0.1, 0.15) is 27.9 Å². The minimum absolute atomic E-state index is 0.0274. The molecule has 3 aromatic rings. The summed E-state index contributed by atoms with van der Waals surface area (Å²) >= 11 is 1.35. The van der Waals surface area contributed by atoms with Gasteiger partial charge in [0.2, 0.25) is 5.43 Å². The lowest BCUT2D eigenvalue weighted by Gasteiger charge is -2.11. The zero-order chi connectivity index (χ0) is 17.4. The molecule has 3 rings (SSSR count). The first-order valence-corrected chi connectivity index (χ1v) is 8.30. The summed E-state index contributed by atoms with van der Waals surface area (Å²) in [4.78, 5) is 30.3. The Morgan fingerprint density at radius 2 is 2.12 bits per heavy atom. The van der Waals surface area contributed by atoms with Crippen LogP contribution in [0.2, 0.25) is 0 Å². The highest BCUT2D eigenvalue weighted by molar-refractivity contribution is 7.15. The molecule has 0 saturated carbocycles. The minimum atomic E-state index is -0.540. The molecule has 0 spiro atoms. The van der Waals surface area contributed by atoms with Gasteiger partial charge in [0.25, 0.3) is 5.91 Å². The standard InChI is InChI=1S/C17H16FN3O2S/c1-4-21-8-13(15(22)12-7-11(18)5-6-14(12)21)16(23)20-17-19-9(2)10(3)24-17/h5-8H,4H2,1-3H3,(H,19,20,23). The quantitative estimate of drug-likeness (QED) is 0.790. The Hall–Kier alpha value is -2.54. The third-order valence-corrected chi connectivity index (χ3v) is 4.86. The van der Waals surface area contributed by atoms with Crippen molar-refractivity contribution < 1.29 is 9.18 Å². The third-order valence-electron chi connectivity index (χ3n) is 3.88. The summed E-state index contributed by atoms with van der Waals surface area (Å²) in [5.41, 5.74) is 0.917. The van der Waals surface area contributed by atoms with E-state index >= 15 is 0 Å². The van der Waals surface area contributed by atoms with E-state index in [1.165, 1.54) is 23.6 Å². The number of halogens is 1. The first kappa shape index (κ1) is 16.3. The Labute approximate surface area is 141 Å². The molecule has 2 aromatic heterocycles. The van der Waals surface area contributed by atoms with Crippen LogP contribution in [0, 0.1) is 19.7 Å². The van der Waals surface area contributed by atoms with E-state index in [0.29, 0.717) is 17.2 Å². The zero-order valence-electron chi connectivity index (χ0n) is 13.5. The highest BCUT2D eigenvalue weighted by Gasteiger charge is 2.17. The summed E-state index contributed by atoms with van der Waals surface area (Å²) < 4.78 is 15.3. The molecule has 0 aliphatic carbocycles. The van der Waals surface area contributed by atoms with Crippen LogP contribution in [0.4, 0.5) is 9.52 Å². The molecule has 0 unspecified atom stereocenters. The molecule has 0 bridgehead atoms. The van der Waals surface area contributed by atoms with Crippen molar-refractivity contribution in [1.82, 2.24) is 9.55 Å². The summed E-state index contributed by atoms with van der Waals surface area (Å²) in [5, 5.41) is 3.28. The number of hydrogen-bond donors (Lipinski definition) is 1. The summed E-state index contributed by atoms with van der Waals surface area (Å²) in [6.07, 6.45) is 1.51. The Morgan fingerprint density at radius 1 is 1.38 bits per heavy atom. The van der Waals surface area contributed by atoms with Gasteiger partial charge in [0.15, 0.2) is 5.13 Å². The SMILES string of the molecule is CCn1cc(C(=O)Nc2nc(C)c(C)s2)c(=O)c2cc(F)ccc21. The van der Waals surface area contributed by atoms with Crippen LogP contribution in [-0.4, -0.2) is 15.5 Å². The number of anilines is 1. The van der Waals surface area contributed by atoms with Crippen molar-refractivity contribution in [2.24, 2.45) is 0 Å². The fourth-order valence-corrected chi connectivity index (χ4v) is 3.29. The highest BCUT2D eigenvalue weighted by Crippen LogP contribution is 2.22. The molecule has 0 radical (unpaired) electrons. The molecule has 7 heteroatoms. The second kappa shape index (κ2) is 6.16. The molecule has 0 saturated heterocycles. The van der Waals surface area contributed by atoms with Crippen LogP contribution >= 0.6 is 11.3 Å². The molecule has 24 heavy (non-hydrogen) atoms. The lowest BCUT2D eigenvalue weighted by Crippen LogP contribution is -2.24. The molecule has 1 aromatic carbocycles. The van der Waals surface area contributed by atoms with Crippen molar-refractivity contribution >= 4 is 33.3 Å². The van der Waals surface area contributed by atoms with Gasteiger partial charge in [-0.15, -0.1) is 11.3 Å². The molecule has 0 atom stereocenters. The Kier molecular flexibility index (Phi) is 4.19. The molecule has 0 fully saturated rings. The normalized spacial score (nSPS) is 11.0. The van der Waals surface area contributed by atoms with E-state index in [0.717, 1.165) is 16.6 Å². The number of rotatable bonds is 3. The second-order valence-corrected chi connectivity index (χ2v) is 6.64. The second-order valence-electron chi connectivity index (χ2n) is 5.43. The van der Waals surface area contributed by atoms with Gasteiger partial charge >= 0.3 is 0 Å². The Balaban J connectivity index is 2.09.